The number of amides is 1. The predicted octanol–water partition coefficient (Wildman–Crippen LogP) is 4.82. The van der Waals surface area contributed by atoms with Crippen molar-refractivity contribution in [2.45, 2.75) is 4.90 Å². The molecule has 0 saturated carbocycles. The van der Waals surface area contributed by atoms with Gasteiger partial charge in [-0.3, -0.25) is 9.52 Å². The third-order valence-corrected chi connectivity index (χ3v) is 6.01. The second kappa shape index (κ2) is 9.91. The Balaban J connectivity index is 1.75. The highest BCUT2D eigenvalue weighted by molar-refractivity contribution is 7.92. The Morgan fingerprint density at radius 1 is 1.00 bits per heavy atom. The zero-order valence-corrected chi connectivity index (χ0v) is 18.6. The van der Waals surface area contributed by atoms with E-state index in [9.17, 15) is 13.2 Å². The lowest BCUT2D eigenvalue weighted by molar-refractivity contribution is -0.118. The molecule has 3 aromatic carbocycles. The Labute approximate surface area is 189 Å². The van der Waals surface area contributed by atoms with Crippen LogP contribution in [0.25, 0.3) is 0 Å². The van der Waals surface area contributed by atoms with Gasteiger partial charge in [-0.05, 0) is 54.6 Å². The SMILES string of the molecule is COc1ccc(NC(=O)COc2ccc(Cl)cc2)cc1S(=O)(=O)Nc1ccccc1Cl. The third kappa shape index (κ3) is 6.04. The summed E-state index contributed by atoms with van der Waals surface area (Å²) >= 11 is 11.9. The normalized spacial score (nSPS) is 10.9. The van der Waals surface area contributed by atoms with Gasteiger partial charge in [0.1, 0.15) is 16.4 Å². The fourth-order valence-corrected chi connectivity index (χ4v) is 4.23. The minimum atomic E-state index is -4.05. The van der Waals surface area contributed by atoms with E-state index in [-0.39, 0.29) is 33.6 Å². The zero-order chi connectivity index (χ0) is 22.4. The molecule has 0 unspecified atom stereocenters. The van der Waals surface area contributed by atoms with Gasteiger partial charge in [0.05, 0.1) is 17.8 Å². The minimum Gasteiger partial charge on any atom is -0.495 e. The highest BCUT2D eigenvalue weighted by Crippen LogP contribution is 2.30. The van der Waals surface area contributed by atoms with Crippen LogP contribution in [0.2, 0.25) is 10.0 Å². The summed E-state index contributed by atoms with van der Waals surface area (Å²) in [5, 5.41) is 3.39. The summed E-state index contributed by atoms with van der Waals surface area (Å²) in [6.45, 7) is -0.270. The fourth-order valence-electron chi connectivity index (χ4n) is 2.58. The molecular weight excluding hydrogens is 463 g/mol. The molecule has 0 aliphatic carbocycles. The number of ether oxygens (including phenoxy) is 2. The van der Waals surface area contributed by atoms with Crippen molar-refractivity contribution in [3.63, 3.8) is 0 Å². The number of para-hydroxylation sites is 1. The second-order valence-electron chi connectivity index (χ2n) is 6.24. The van der Waals surface area contributed by atoms with Crippen molar-refractivity contribution in [1.82, 2.24) is 0 Å². The second-order valence-corrected chi connectivity index (χ2v) is 8.74. The molecule has 0 spiro atoms. The van der Waals surface area contributed by atoms with Crippen LogP contribution in [0, 0.1) is 0 Å². The monoisotopic (exact) mass is 480 g/mol. The summed E-state index contributed by atoms with van der Waals surface area (Å²) in [7, 11) is -2.70. The molecule has 3 rings (SSSR count). The van der Waals surface area contributed by atoms with Gasteiger partial charge >= 0.3 is 0 Å². The van der Waals surface area contributed by atoms with Crippen LogP contribution in [0.5, 0.6) is 11.5 Å². The number of carbonyl (C=O) groups is 1. The Kier molecular flexibility index (Phi) is 7.27. The van der Waals surface area contributed by atoms with Crippen LogP contribution in [0.1, 0.15) is 0 Å². The van der Waals surface area contributed by atoms with Gasteiger partial charge < -0.3 is 14.8 Å². The summed E-state index contributed by atoms with van der Waals surface area (Å²) in [6.07, 6.45) is 0. The van der Waals surface area contributed by atoms with Crippen molar-refractivity contribution in [1.29, 1.82) is 0 Å². The van der Waals surface area contributed by atoms with Gasteiger partial charge in [0.2, 0.25) is 0 Å². The van der Waals surface area contributed by atoms with E-state index in [2.05, 4.69) is 10.0 Å². The van der Waals surface area contributed by atoms with Crippen molar-refractivity contribution in [3.05, 3.63) is 76.8 Å². The number of hydrogen-bond acceptors (Lipinski definition) is 5. The Hall–Kier alpha value is -2.94. The number of hydrogen-bond donors (Lipinski definition) is 2. The first-order valence-corrected chi connectivity index (χ1v) is 11.2. The summed E-state index contributed by atoms with van der Waals surface area (Å²) < 4.78 is 38.8. The maximum atomic E-state index is 12.9. The van der Waals surface area contributed by atoms with Gasteiger partial charge in [-0.15, -0.1) is 0 Å². The van der Waals surface area contributed by atoms with Crippen LogP contribution in [0.3, 0.4) is 0 Å². The topological polar surface area (TPSA) is 93.7 Å². The number of carbonyl (C=O) groups excluding carboxylic acids is 1. The molecule has 162 valence electrons. The minimum absolute atomic E-state index is 0.106. The highest BCUT2D eigenvalue weighted by atomic mass is 35.5. The standard InChI is InChI=1S/C21H18Cl2N2O5S/c1-29-19-11-8-15(24-21(26)13-30-16-9-6-14(22)7-10-16)12-20(19)31(27,28)25-18-5-3-2-4-17(18)23/h2-12,25H,13H2,1H3,(H,24,26). The van der Waals surface area contributed by atoms with E-state index in [1.54, 1.807) is 42.5 Å². The number of methoxy groups -OCH3 is 1. The maximum Gasteiger partial charge on any atom is 0.265 e. The molecule has 3 aromatic rings. The van der Waals surface area contributed by atoms with Crippen LogP contribution in [-0.4, -0.2) is 28.0 Å². The van der Waals surface area contributed by atoms with Crippen LogP contribution < -0.4 is 19.5 Å². The summed E-state index contributed by atoms with van der Waals surface area (Å²) in [4.78, 5) is 12.1. The molecule has 31 heavy (non-hydrogen) atoms. The van der Waals surface area contributed by atoms with Crippen molar-refractivity contribution < 1.29 is 22.7 Å². The highest BCUT2D eigenvalue weighted by Gasteiger charge is 2.22. The third-order valence-electron chi connectivity index (χ3n) is 4.04. The predicted molar refractivity (Wildman–Crippen MR) is 121 cm³/mol. The molecule has 0 bridgehead atoms. The smallest absolute Gasteiger partial charge is 0.265 e. The molecule has 0 fully saturated rings. The first-order chi connectivity index (χ1) is 14.8. The lowest BCUT2D eigenvalue weighted by atomic mass is 10.3. The first-order valence-electron chi connectivity index (χ1n) is 8.92. The number of nitrogens with one attached hydrogen (secondary N) is 2. The van der Waals surface area contributed by atoms with Crippen molar-refractivity contribution in [2.75, 3.05) is 23.8 Å². The summed E-state index contributed by atoms with van der Waals surface area (Å²) in [5.41, 5.74) is 0.474. The van der Waals surface area contributed by atoms with Crippen molar-refractivity contribution >= 4 is 50.5 Å². The lowest BCUT2D eigenvalue weighted by Crippen LogP contribution is -2.21. The molecule has 0 radical (unpaired) electrons. The van der Waals surface area contributed by atoms with Crippen molar-refractivity contribution in [3.8, 4) is 11.5 Å². The van der Waals surface area contributed by atoms with Crippen LogP contribution >= 0.6 is 23.2 Å². The van der Waals surface area contributed by atoms with Crippen LogP contribution in [0.15, 0.2) is 71.6 Å². The first kappa shape index (κ1) is 22.7. The summed E-state index contributed by atoms with van der Waals surface area (Å²) in [5.74, 6) is 0.110. The molecule has 7 nitrogen and oxygen atoms in total. The van der Waals surface area contributed by atoms with Crippen molar-refractivity contribution in [2.24, 2.45) is 0 Å². The maximum absolute atomic E-state index is 12.9. The quantitative estimate of drug-likeness (QED) is 0.481. The number of benzene rings is 3. The fraction of sp³-hybridized carbons (Fsp3) is 0.0952. The van der Waals surface area contributed by atoms with Gasteiger partial charge in [-0.2, -0.15) is 0 Å². The number of halogens is 2. The lowest BCUT2D eigenvalue weighted by Gasteiger charge is -2.14. The van der Waals surface area contributed by atoms with E-state index >= 15 is 0 Å². The van der Waals surface area contributed by atoms with E-state index in [1.165, 1.54) is 31.4 Å². The van der Waals surface area contributed by atoms with E-state index in [0.29, 0.717) is 10.8 Å². The van der Waals surface area contributed by atoms with Crippen LogP contribution in [0.4, 0.5) is 11.4 Å². The van der Waals surface area contributed by atoms with Gasteiger partial charge in [0, 0.05) is 10.7 Å². The van der Waals surface area contributed by atoms with E-state index in [1.807, 2.05) is 0 Å². The Bertz CT molecular complexity index is 1180. The van der Waals surface area contributed by atoms with E-state index < -0.39 is 15.9 Å². The number of sulfonamides is 1. The molecule has 0 saturated heterocycles. The molecule has 10 heteroatoms. The average Bonchev–Trinajstić information content (AvgIpc) is 2.75. The molecular formula is C21H18Cl2N2O5S. The van der Waals surface area contributed by atoms with Gasteiger partial charge in [0.25, 0.3) is 15.9 Å². The van der Waals surface area contributed by atoms with Crippen LogP contribution in [-0.2, 0) is 14.8 Å². The average molecular weight is 481 g/mol. The largest absolute Gasteiger partial charge is 0.495 e. The Morgan fingerprint density at radius 3 is 2.39 bits per heavy atom. The van der Waals surface area contributed by atoms with E-state index in [4.69, 9.17) is 32.7 Å². The zero-order valence-electron chi connectivity index (χ0n) is 16.3. The molecule has 1 amide bonds. The molecule has 0 atom stereocenters. The van der Waals surface area contributed by atoms with Gasteiger partial charge in [-0.25, -0.2) is 8.42 Å². The molecule has 2 N–H and O–H groups in total. The van der Waals surface area contributed by atoms with E-state index in [0.717, 1.165) is 0 Å². The molecule has 0 aliphatic heterocycles. The Morgan fingerprint density at radius 2 is 1.71 bits per heavy atom. The number of rotatable bonds is 8. The molecule has 0 heterocycles. The van der Waals surface area contributed by atoms with Gasteiger partial charge in [-0.1, -0.05) is 35.3 Å². The molecule has 0 aromatic heterocycles. The number of anilines is 2. The summed E-state index contributed by atoms with van der Waals surface area (Å²) in [6, 6.07) is 17.2. The van der Waals surface area contributed by atoms with Gasteiger partial charge in [0.15, 0.2) is 6.61 Å². The molecule has 0 aliphatic rings.